The number of rotatable bonds is 5. The van der Waals surface area contributed by atoms with Crippen LogP contribution in [0.25, 0.3) is 0 Å². The van der Waals surface area contributed by atoms with Crippen molar-refractivity contribution in [1.29, 1.82) is 0 Å². The molecule has 1 aromatic carbocycles. The summed E-state index contributed by atoms with van der Waals surface area (Å²) < 4.78 is 0. The molecule has 0 unspecified atom stereocenters. The summed E-state index contributed by atoms with van der Waals surface area (Å²) in [5.74, 6) is 0. The molecule has 0 heterocycles. The minimum atomic E-state index is -0.528. The maximum atomic E-state index is 9.53. The lowest BCUT2D eigenvalue weighted by Gasteiger charge is -2.16. The van der Waals surface area contributed by atoms with E-state index in [0.29, 0.717) is 0 Å². The first-order chi connectivity index (χ1) is 6.97. The molecule has 0 aliphatic heterocycles. The Morgan fingerprint density at radius 2 is 1.73 bits per heavy atom. The van der Waals surface area contributed by atoms with Crippen molar-refractivity contribution in [2.24, 2.45) is 0 Å². The van der Waals surface area contributed by atoms with Crippen molar-refractivity contribution in [3.05, 3.63) is 34.9 Å². The van der Waals surface area contributed by atoms with Crippen molar-refractivity contribution in [3.63, 3.8) is 0 Å². The van der Waals surface area contributed by atoms with Crippen molar-refractivity contribution in [1.82, 2.24) is 0 Å². The van der Waals surface area contributed by atoms with Crippen molar-refractivity contribution in [2.45, 2.75) is 45.1 Å². The zero-order valence-electron chi connectivity index (χ0n) is 9.46. The molecule has 15 heavy (non-hydrogen) atoms. The average molecular weight is 227 g/mol. The number of halogens is 1. The van der Waals surface area contributed by atoms with Gasteiger partial charge in [-0.25, -0.2) is 0 Å². The molecule has 1 nitrogen and oxygen atoms in total. The molecular formula is C13H19ClO. The van der Waals surface area contributed by atoms with Gasteiger partial charge in [-0.05, 0) is 50.8 Å². The lowest BCUT2D eigenvalue weighted by molar-refractivity contribution is 0.0682. The van der Waals surface area contributed by atoms with Crippen molar-refractivity contribution in [3.8, 4) is 0 Å². The van der Waals surface area contributed by atoms with Crippen LogP contribution in [0.15, 0.2) is 24.3 Å². The first kappa shape index (κ1) is 12.5. The second-order valence-corrected chi connectivity index (χ2v) is 5.08. The van der Waals surface area contributed by atoms with Crippen LogP contribution in [0.4, 0.5) is 0 Å². The van der Waals surface area contributed by atoms with E-state index < -0.39 is 5.60 Å². The highest BCUT2D eigenvalue weighted by Gasteiger charge is 2.10. The fraction of sp³-hybridized carbons (Fsp3) is 0.538. The van der Waals surface area contributed by atoms with Gasteiger partial charge in [-0.1, -0.05) is 30.2 Å². The number of aliphatic hydroxyl groups is 1. The maximum absolute atomic E-state index is 9.53. The quantitative estimate of drug-likeness (QED) is 0.757. The molecule has 0 aliphatic carbocycles. The predicted molar refractivity (Wildman–Crippen MR) is 65.3 cm³/mol. The lowest BCUT2D eigenvalue weighted by atomic mass is 9.99. The van der Waals surface area contributed by atoms with Crippen LogP contribution in [0.5, 0.6) is 0 Å². The average Bonchev–Trinajstić information content (AvgIpc) is 2.14. The summed E-state index contributed by atoms with van der Waals surface area (Å²) in [6, 6.07) is 7.97. The fourth-order valence-corrected chi connectivity index (χ4v) is 1.66. The van der Waals surface area contributed by atoms with Gasteiger partial charge < -0.3 is 5.11 Å². The highest BCUT2D eigenvalue weighted by atomic mass is 35.5. The summed E-state index contributed by atoms with van der Waals surface area (Å²) in [6.45, 7) is 3.71. The van der Waals surface area contributed by atoms with Gasteiger partial charge in [-0.2, -0.15) is 0 Å². The summed E-state index contributed by atoms with van der Waals surface area (Å²) >= 11 is 5.80. The zero-order valence-corrected chi connectivity index (χ0v) is 10.2. The third-order valence-corrected chi connectivity index (χ3v) is 2.67. The molecule has 1 aromatic rings. The third kappa shape index (κ3) is 5.81. The lowest BCUT2D eigenvalue weighted by Crippen LogP contribution is -2.17. The van der Waals surface area contributed by atoms with E-state index >= 15 is 0 Å². The van der Waals surface area contributed by atoms with E-state index in [0.717, 1.165) is 30.7 Å². The Kier molecular flexibility index (Phi) is 4.62. The molecule has 0 saturated carbocycles. The largest absolute Gasteiger partial charge is 0.390 e. The van der Waals surface area contributed by atoms with Gasteiger partial charge in [0.1, 0.15) is 0 Å². The molecule has 0 bridgehead atoms. The molecule has 2 heteroatoms. The number of unbranched alkanes of at least 4 members (excludes halogenated alkanes) is 1. The molecule has 0 amide bonds. The van der Waals surface area contributed by atoms with Crippen LogP contribution in [-0.4, -0.2) is 10.7 Å². The van der Waals surface area contributed by atoms with E-state index in [9.17, 15) is 5.11 Å². The van der Waals surface area contributed by atoms with E-state index in [4.69, 9.17) is 11.6 Å². The van der Waals surface area contributed by atoms with Crippen LogP contribution < -0.4 is 0 Å². The van der Waals surface area contributed by atoms with Gasteiger partial charge >= 0.3 is 0 Å². The Morgan fingerprint density at radius 3 is 2.27 bits per heavy atom. The van der Waals surface area contributed by atoms with E-state index in [2.05, 4.69) is 12.1 Å². The zero-order chi connectivity index (χ0) is 11.3. The molecule has 1 N–H and O–H groups in total. The molecule has 0 radical (unpaired) electrons. The maximum Gasteiger partial charge on any atom is 0.0591 e. The minimum Gasteiger partial charge on any atom is -0.390 e. The van der Waals surface area contributed by atoms with Gasteiger partial charge in [-0.15, -0.1) is 0 Å². The topological polar surface area (TPSA) is 20.2 Å². The molecule has 84 valence electrons. The molecule has 1 rings (SSSR count). The predicted octanol–water partition coefficient (Wildman–Crippen LogP) is 3.82. The number of hydrogen-bond acceptors (Lipinski definition) is 1. The monoisotopic (exact) mass is 226 g/mol. The van der Waals surface area contributed by atoms with Crippen molar-refractivity contribution >= 4 is 11.6 Å². The van der Waals surface area contributed by atoms with Crippen LogP contribution in [0.2, 0.25) is 5.02 Å². The minimum absolute atomic E-state index is 0.528. The van der Waals surface area contributed by atoms with Crippen LogP contribution in [0.1, 0.15) is 38.7 Å². The number of hydrogen-bond donors (Lipinski definition) is 1. The Bertz CT molecular complexity index is 284. The fourth-order valence-electron chi connectivity index (χ4n) is 1.54. The number of aryl methyl sites for hydroxylation is 1. The summed E-state index contributed by atoms with van der Waals surface area (Å²) in [6.07, 6.45) is 4.10. The van der Waals surface area contributed by atoms with Crippen LogP contribution in [0, 0.1) is 0 Å². The van der Waals surface area contributed by atoms with Crippen LogP contribution in [-0.2, 0) is 6.42 Å². The van der Waals surface area contributed by atoms with E-state index in [1.54, 1.807) is 0 Å². The van der Waals surface area contributed by atoms with Crippen LogP contribution in [0.3, 0.4) is 0 Å². The van der Waals surface area contributed by atoms with Gasteiger partial charge in [0.15, 0.2) is 0 Å². The molecule has 0 atom stereocenters. The Balaban J connectivity index is 2.23. The van der Waals surface area contributed by atoms with Gasteiger partial charge in [0, 0.05) is 5.02 Å². The highest BCUT2D eigenvalue weighted by molar-refractivity contribution is 6.30. The Labute approximate surface area is 97.1 Å². The molecule has 0 spiro atoms. The SMILES string of the molecule is CC(C)(O)CCCCc1ccc(Cl)cc1. The normalized spacial score (nSPS) is 11.7. The summed E-state index contributed by atoms with van der Waals surface area (Å²) in [4.78, 5) is 0. The van der Waals surface area contributed by atoms with Crippen LogP contribution >= 0.6 is 11.6 Å². The Morgan fingerprint density at radius 1 is 1.13 bits per heavy atom. The summed E-state index contributed by atoms with van der Waals surface area (Å²) in [5, 5.41) is 10.3. The summed E-state index contributed by atoms with van der Waals surface area (Å²) in [7, 11) is 0. The second-order valence-electron chi connectivity index (χ2n) is 4.65. The van der Waals surface area contributed by atoms with Crippen molar-refractivity contribution < 1.29 is 5.11 Å². The van der Waals surface area contributed by atoms with E-state index in [-0.39, 0.29) is 0 Å². The van der Waals surface area contributed by atoms with Crippen molar-refractivity contribution in [2.75, 3.05) is 0 Å². The van der Waals surface area contributed by atoms with E-state index in [1.165, 1.54) is 5.56 Å². The Hall–Kier alpha value is -0.530. The van der Waals surface area contributed by atoms with Gasteiger partial charge in [0.05, 0.1) is 5.60 Å². The van der Waals surface area contributed by atoms with Gasteiger partial charge in [-0.3, -0.25) is 0 Å². The van der Waals surface area contributed by atoms with E-state index in [1.807, 2.05) is 26.0 Å². The second kappa shape index (κ2) is 5.53. The highest BCUT2D eigenvalue weighted by Crippen LogP contribution is 2.15. The summed E-state index contributed by atoms with van der Waals surface area (Å²) in [5.41, 5.74) is 0.787. The third-order valence-electron chi connectivity index (χ3n) is 2.42. The molecule has 0 aliphatic rings. The molecule has 0 aromatic heterocycles. The molecule has 0 fully saturated rings. The smallest absolute Gasteiger partial charge is 0.0591 e. The first-order valence-corrected chi connectivity index (χ1v) is 5.82. The first-order valence-electron chi connectivity index (χ1n) is 5.44. The molecule has 0 saturated heterocycles. The van der Waals surface area contributed by atoms with Gasteiger partial charge in [0.2, 0.25) is 0 Å². The standard InChI is InChI=1S/C13H19ClO/c1-13(2,15)10-4-3-5-11-6-8-12(14)9-7-11/h6-9,15H,3-5,10H2,1-2H3. The van der Waals surface area contributed by atoms with Gasteiger partial charge in [0.25, 0.3) is 0 Å². The molecular weight excluding hydrogens is 208 g/mol. The number of benzene rings is 1.